The standard InChI is InChI=1S/C8H4F3N3O/c9-8(10,11)7-12-6-5(4-15)2-1-3-14(6)13-7/h1-4H. The summed E-state index contributed by atoms with van der Waals surface area (Å²) >= 11 is 0. The summed E-state index contributed by atoms with van der Waals surface area (Å²) in [4.78, 5) is 13.8. The van der Waals surface area contributed by atoms with Gasteiger partial charge in [-0.15, -0.1) is 5.10 Å². The monoisotopic (exact) mass is 215 g/mol. The first-order valence-corrected chi connectivity index (χ1v) is 3.90. The van der Waals surface area contributed by atoms with Gasteiger partial charge in [0, 0.05) is 6.20 Å². The van der Waals surface area contributed by atoms with Crippen molar-refractivity contribution < 1.29 is 18.0 Å². The third-order valence-electron chi connectivity index (χ3n) is 1.77. The van der Waals surface area contributed by atoms with Gasteiger partial charge < -0.3 is 0 Å². The normalized spacial score (nSPS) is 11.9. The maximum atomic E-state index is 12.2. The second kappa shape index (κ2) is 3.04. The fourth-order valence-electron chi connectivity index (χ4n) is 1.14. The van der Waals surface area contributed by atoms with Crippen LogP contribution in [0.25, 0.3) is 5.65 Å². The number of halogens is 3. The summed E-state index contributed by atoms with van der Waals surface area (Å²) in [5.74, 6) is -1.25. The molecular weight excluding hydrogens is 211 g/mol. The van der Waals surface area contributed by atoms with Crippen LogP contribution in [0.3, 0.4) is 0 Å². The highest BCUT2D eigenvalue weighted by Gasteiger charge is 2.36. The molecule has 7 heteroatoms. The van der Waals surface area contributed by atoms with E-state index in [4.69, 9.17) is 0 Å². The van der Waals surface area contributed by atoms with Gasteiger partial charge in [0.05, 0.1) is 5.56 Å². The Labute approximate surface area is 81.3 Å². The zero-order valence-electron chi connectivity index (χ0n) is 7.19. The predicted molar refractivity (Wildman–Crippen MR) is 43.4 cm³/mol. The van der Waals surface area contributed by atoms with Crippen molar-refractivity contribution in [1.29, 1.82) is 0 Å². The number of aromatic nitrogens is 3. The number of pyridine rings is 1. The minimum atomic E-state index is -4.60. The van der Waals surface area contributed by atoms with Crippen LogP contribution >= 0.6 is 0 Å². The predicted octanol–water partition coefficient (Wildman–Crippen LogP) is 1.56. The van der Waals surface area contributed by atoms with Gasteiger partial charge in [-0.05, 0) is 12.1 Å². The topological polar surface area (TPSA) is 47.3 Å². The number of hydrogen-bond acceptors (Lipinski definition) is 3. The van der Waals surface area contributed by atoms with Gasteiger partial charge >= 0.3 is 6.18 Å². The number of fused-ring (bicyclic) bond motifs is 1. The van der Waals surface area contributed by atoms with Crippen molar-refractivity contribution in [2.45, 2.75) is 6.18 Å². The highest BCUT2D eigenvalue weighted by atomic mass is 19.4. The Kier molecular flexibility index (Phi) is 1.95. The van der Waals surface area contributed by atoms with Crippen LogP contribution in [-0.2, 0) is 6.18 Å². The van der Waals surface area contributed by atoms with Crippen molar-refractivity contribution >= 4 is 11.9 Å². The van der Waals surface area contributed by atoms with E-state index in [9.17, 15) is 18.0 Å². The molecule has 0 atom stereocenters. The van der Waals surface area contributed by atoms with Crippen molar-refractivity contribution in [3.63, 3.8) is 0 Å². The molecule has 2 aromatic heterocycles. The molecule has 0 aliphatic rings. The Balaban J connectivity index is 2.70. The van der Waals surface area contributed by atoms with Crippen molar-refractivity contribution in [2.75, 3.05) is 0 Å². The third-order valence-corrected chi connectivity index (χ3v) is 1.77. The maximum absolute atomic E-state index is 12.2. The van der Waals surface area contributed by atoms with E-state index < -0.39 is 12.0 Å². The van der Waals surface area contributed by atoms with Crippen LogP contribution in [0.5, 0.6) is 0 Å². The lowest BCUT2D eigenvalue weighted by Gasteiger charge is -1.96. The highest BCUT2D eigenvalue weighted by molar-refractivity contribution is 5.83. The minimum absolute atomic E-state index is 0.0699. The van der Waals surface area contributed by atoms with Gasteiger partial charge in [-0.3, -0.25) is 4.79 Å². The smallest absolute Gasteiger partial charge is 0.298 e. The average molecular weight is 215 g/mol. The van der Waals surface area contributed by atoms with Gasteiger partial charge in [0.2, 0.25) is 0 Å². The quantitative estimate of drug-likeness (QED) is 0.678. The van der Waals surface area contributed by atoms with Crippen LogP contribution in [0.4, 0.5) is 13.2 Å². The van der Waals surface area contributed by atoms with Gasteiger partial charge in [0.25, 0.3) is 5.82 Å². The van der Waals surface area contributed by atoms with E-state index in [-0.39, 0.29) is 11.2 Å². The molecule has 0 N–H and O–H groups in total. The van der Waals surface area contributed by atoms with E-state index in [1.54, 1.807) is 0 Å². The molecule has 0 saturated heterocycles. The zero-order chi connectivity index (χ0) is 11.1. The van der Waals surface area contributed by atoms with Gasteiger partial charge in [0.15, 0.2) is 11.9 Å². The molecule has 78 valence electrons. The summed E-state index contributed by atoms with van der Waals surface area (Å²) in [7, 11) is 0. The van der Waals surface area contributed by atoms with E-state index >= 15 is 0 Å². The van der Waals surface area contributed by atoms with Crippen molar-refractivity contribution in [2.24, 2.45) is 0 Å². The number of rotatable bonds is 1. The number of nitrogens with zero attached hydrogens (tertiary/aromatic N) is 3. The Morgan fingerprint density at radius 1 is 1.40 bits per heavy atom. The summed E-state index contributed by atoms with van der Waals surface area (Å²) < 4.78 is 37.6. The van der Waals surface area contributed by atoms with Crippen molar-refractivity contribution in [3.8, 4) is 0 Å². The van der Waals surface area contributed by atoms with E-state index in [2.05, 4.69) is 10.1 Å². The third kappa shape index (κ3) is 1.56. The highest BCUT2D eigenvalue weighted by Crippen LogP contribution is 2.26. The Morgan fingerprint density at radius 3 is 2.73 bits per heavy atom. The molecule has 4 nitrogen and oxygen atoms in total. The lowest BCUT2D eigenvalue weighted by atomic mass is 10.3. The lowest BCUT2D eigenvalue weighted by Crippen LogP contribution is -2.07. The van der Waals surface area contributed by atoms with Crippen LogP contribution in [0.15, 0.2) is 18.3 Å². The van der Waals surface area contributed by atoms with Crippen LogP contribution in [-0.4, -0.2) is 20.9 Å². The first kappa shape index (κ1) is 9.63. The molecule has 0 aromatic carbocycles. The number of hydrogen-bond donors (Lipinski definition) is 0. The second-order valence-corrected chi connectivity index (χ2v) is 2.78. The Hall–Kier alpha value is -1.92. The molecule has 0 radical (unpaired) electrons. The maximum Gasteiger partial charge on any atom is 0.453 e. The molecule has 2 rings (SSSR count). The Bertz CT molecular complexity index is 517. The van der Waals surface area contributed by atoms with Gasteiger partial charge in [0.1, 0.15) is 0 Å². The molecule has 0 unspecified atom stereocenters. The summed E-state index contributed by atoms with van der Waals surface area (Å²) in [5, 5.41) is 3.21. The van der Waals surface area contributed by atoms with Crippen LogP contribution in [0.2, 0.25) is 0 Å². The molecule has 0 amide bonds. The van der Waals surface area contributed by atoms with E-state index in [0.717, 1.165) is 4.52 Å². The van der Waals surface area contributed by atoms with Gasteiger partial charge in [-0.2, -0.15) is 13.2 Å². The molecule has 0 aliphatic heterocycles. The number of carbonyl (C=O) groups is 1. The fraction of sp³-hybridized carbons (Fsp3) is 0.125. The van der Waals surface area contributed by atoms with Crippen molar-refractivity contribution in [3.05, 3.63) is 29.7 Å². The molecule has 0 fully saturated rings. The summed E-state index contributed by atoms with van der Waals surface area (Å²) in [6, 6.07) is 2.79. The molecule has 0 aliphatic carbocycles. The van der Waals surface area contributed by atoms with E-state index in [1.165, 1.54) is 18.3 Å². The lowest BCUT2D eigenvalue weighted by molar-refractivity contribution is -0.144. The molecule has 0 bridgehead atoms. The summed E-state index contributed by atoms with van der Waals surface area (Å²) in [6.07, 6.45) is -2.87. The van der Waals surface area contributed by atoms with Crippen LogP contribution < -0.4 is 0 Å². The molecular formula is C8H4F3N3O. The van der Waals surface area contributed by atoms with Gasteiger partial charge in [-0.25, -0.2) is 9.50 Å². The average Bonchev–Trinajstić information content (AvgIpc) is 2.59. The Morgan fingerprint density at radius 2 is 2.13 bits per heavy atom. The van der Waals surface area contributed by atoms with E-state index in [1.807, 2.05) is 0 Å². The summed E-state index contributed by atoms with van der Waals surface area (Å²) in [6.45, 7) is 0. The second-order valence-electron chi connectivity index (χ2n) is 2.78. The fourth-order valence-corrected chi connectivity index (χ4v) is 1.14. The van der Waals surface area contributed by atoms with E-state index in [0.29, 0.717) is 6.29 Å². The number of alkyl halides is 3. The molecule has 2 aromatic rings. The summed E-state index contributed by atoms with van der Waals surface area (Å²) in [5.41, 5.74) is -0.0275. The largest absolute Gasteiger partial charge is 0.453 e. The van der Waals surface area contributed by atoms with Crippen molar-refractivity contribution in [1.82, 2.24) is 14.6 Å². The zero-order valence-corrected chi connectivity index (χ0v) is 7.19. The van der Waals surface area contributed by atoms with Crippen LogP contribution in [0.1, 0.15) is 16.2 Å². The molecule has 2 heterocycles. The SMILES string of the molecule is O=Cc1cccn2nc(C(F)(F)F)nc12. The first-order chi connectivity index (χ1) is 7.02. The number of carbonyl (C=O) groups excluding carboxylic acids is 1. The van der Waals surface area contributed by atoms with Gasteiger partial charge in [-0.1, -0.05) is 0 Å². The molecule has 0 saturated carbocycles. The molecule has 15 heavy (non-hydrogen) atoms. The minimum Gasteiger partial charge on any atom is -0.298 e. The van der Waals surface area contributed by atoms with Crippen LogP contribution in [0, 0.1) is 0 Å². The number of aldehydes is 1. The first-order valence-electron chi connectivity index (χ1n) is 3.90. The molecule has 0 spiro atoms.